The second-order valence-corrected chi connectivity index (χ2v) is 5.24. The molecule has 0 bridgehead atoms. The zero-order chi connectivity index (χ0) is 13.0. The van der Waals surface area contributed by atoms with Crippen LogP contribution in [0.2, 0.25) is 0 Å². The molecule has 0 aromatic heterocycles. The average molecular weight is 246 g/mol. The van der Waals surface area contributed by atoms with Gasteiger partial charge < -0.3 is 11.1 Å². The molecule has 3 N–H and O–H groups in total. The molecule has 98 valence electrons. The lowest BCUT2D eigenvalue weighted by molar-refractivity contribution is -0.121. The monoisotopic (exact) mass is 246 g/mol. The molecule has 3 nitrogen and oxygen atoms in total. The van der Waals surface area contributed by atoms with Gasteiger partial charge in [-0.25, -0.2) is 0 Å². The quantitative estimate of drug-likeness (QED) is 0.804. The summed E-state index contributed by atoms with van der Waals surface area (Å²) in [6.07, 6.45) is 3.77. The van der Waals surface area contributed by atoms with Crippen molar-refractivity contribution in [2.24, 2.45) is 11.7 Å². The van der Waals surface area contributed by atoms with Gasteiger partial charge in [-0.2, -0.15) is 0 Å². The smallest absolute Gasteiger partial charge is 0.220 e. The van der Waals surface area contributed by atoms with Crippen LogP contribution in [-0.2, 0) is 11.2 Å². The van der Waals surface area contributed by atoms with Gasteiger partial charge in [0.15, 0.2) is 0 Å². The fraction of sp³-hybridized carbons (Fsp3) is 0.533. The molecule has 1 aliphatic rings. The van der Waals surface area contributed by atoms with Crippen LogP contribution in [0.1, 0.15) is 30.4 Å². The SMILES string of the molecule is Cc1cccc(CCC(=O)NC(CN)C2CC2)c1. The summed E-state index contributed by atoms with van der Waals surface area (Å²) in [5.74, 6) is 0.747. The number of hydrogen-bond acceptors (Lipinski definition) is 2. The van der Waals surface area contributed by atoms with Crippen LogP contribution in [0.3, 0.4) is 0 Å². The first-order valence-electron chi connectivity index (χ1n) is 6.74. The summed E-state index contributed by atoms with van der Waals surface area (Å²) in [4.78, 5) is 11.8. The lowest BCUT2D eigenvalue weighted by Gasteiger charge is -2.15. The summed E-state index contributed by atoms with van der Waals surface area (Å²) in [5.41, 5.74) is 8.14. The summed E-state index contributed by atoms with van der Waals surface area (Å²) in [6, 6.07) is 8.50. The molecule has 0 saturated heterocycles. The maximum Gasteiger partial charge on any atom is 0.220 e. The van der Waals surface area contributed by atoms with E-state index >= 15 is 0 Å². The normalized spacial score (nSPS) is 16.3. The van der Waals surface area contributed by atoms with Crippen LogP contribution in [0, 0.1) is 12.8 Å². The molecule has 1 aliphatic carbocycles. The fourth-order valence-electron chi connectivity index (χ4n) is 2.27. The van der Waals surface area contributed by atoms with Gasteiger partial charge in [-0.15, -0.1) is 0 Å². The van der Waals surface area contributed by atoms with Gasteiger partial charge in [0.25, 0.3) is 0 Å². The number of nitrogens with one attached hydrogen (secondary N) is 1. The molecule has 0 aliphatic heterocycles. The molecule has 18 heavy (non-hydrogen) atoms. The van der Waals surface area contributed by atoms with E-state index in [9.17, 15) is 4.79 Å². The minimum absolute atomic E-state index is 0.124. The van der Waals surface area contributed by atoms with E-state index in [0.29, 0.717) is 18.9 Å². The Morgan fingerprint density at radius 1 is 1.50 bits per heavy atom. The van der Waals surface area contributed by atoms with Crippen LogP contribution in [0.4, 0.5) is 0 Å². The first-order valence-corrected chi connectivity index (χ1v) is 6.74. The number of carbonyl (C=O) groups excluding carboxylic acids is 1. The average Bonchev–Trinajstić information content (AvgIpc) is 3.18. The lowest BCUT2D eigenvalue weighted by Crippen LogP contribution is -2.41. The molecule has 1 amide bonds. The predicted octanol–water partition coefficient (Wildman–Crippen LogP) is 1.78. The van der Waals surface area contributed by atoms with E-state index in [1.807, 2.05) is 6.07 Å². The van der Waals surface area contributed by atoms with Crippen molar-refractivity contribution >= 4 is 5.91 Å². The van der Waals surface area contributed by atoms with E-state index < -0.39 is 0 Å². The minimum atomic E-state index is 0.124. The number of carbonyl (C=O) groups is 1. The van der Waals surface area contributed by atoms with Crippen LogP contribution >= 0.6 is 0 Å². The van der Waals surface area contributed by atoms with Gasteiger partial charge >= 0.3 is 0 Å². The van der Waals surface area contributed by atoms with Crippen LogP contribution in [0.25, 0.3) is 0 Å². The fourth-order valence-corrected chi connectivity index (χ4v) is 2.27. The maximum atomic E-state index is 11.8. The van der Waals surface area contributed by atoms with Gasteiger partial charge in [-0.1, -0.05) is 29.8 Å². The minimum Gasteiger partial charge on any atom is -0.352 e. The van der Waals surface area contributed by atoms with Gasteiger partial charge in [0.05, 0.1) is 0 Å². The van der Waals surface area contributed by atoms with Gasteiger partial charge in [0.2, 0.25) is 5.91 Å². The predicted molar refractivity (Wildman–Crippen MR) is 73.2 cm³/mol. The van der Waals surface area contributed by atoms with E-state index in [4.69, 9.17) is 5.73 Å². The zero-order valence-corrected chi connectivity index (χ0v) is 11.0. The highest BCUT2D eigenvalue weighted by molar-refractivity contribution is 5.76. The number of amides is 1. The number of rotatable bonds is 6. The van der Waals surface area contributed by atoms with E-state index in [0.717, 1.165) is 6.42 Å². The number of hydrogen-bond donors (Lipinski definition) is 2. The first-order chi connectivity index (χ1) is 8.69. The Morgan fingerprint density at radius 3 is 2.89 bits per heavy atom. The Kier molecular flexibility index (Phi) is 4.37. The molecular weight excluding hydrogens is 224 g/mol. The van der Waals surface area contributed by atoms with Gasteiger partial charge in [0, 0.05) is 19.0 Å². The highest BCUT2D eigenvalue weighted by Gasteiger charge is 2.30. The largest absolute Gasteiger partial charge is 0.352 e. The van der Waals surface area contributed by atoms with E-state index in [1.54, 1.807) is 0 Å². The molecule has 1 aromatic rings. The highest BCUT2D eigenvalue weighted by atomic mass is 16.1. The summed E-state index contributed by atoms with van der Waals surface area (Å²) in [7, 11) is 0. The molecule has 1 fully saturated rings. The molecule has 3 heteroatoms. The van der Waals surface area contributed by atoms with Crippen molar-refractivity contribution in [3.05, 3.63) is 35.4 Å². The Bertz CT molecular complexity index is 413. The third kappa shape index (κ3) is 3.84. The van der Waals surface area contributed by atoms with Crippen molar-refractivity contribution in [2.75, 3.05) is 6.54 Å². The molecule has 2 rings (SSSR count). The number of benzene rings is 1. The standard InChI is InChI=1S/C15H22N2O/c1-11-3-2-4-12(9-11)5-8-15(18)17-14(10-16)13-6-7-13/h2-4,9,13-14H,5-8,10,16H2,1H3,(H,17,18). The summed E-state index contributed by atoms with van der Waals surface area (Å²) < 4.78 is 0. The van der Waals surface area contributed by atoms with Crippen LogP contribution in [0.15, 0.2) is 24.3 Å². The summed E-state index contributed by atoms with van der Waals surface area (Å²) in [5, 5.41) is 3.05. The lowest BCUT2D eigenvalue weighted by atomic mass is 10.1. The first kappa shape index (κ1) is 13.1. The van der Waals surface area contributed by atoms with E-state index in [2.05, 4.69) is 30.4 Å². The Morgan fingerprint density at radius 2 is 2.28 bits per heavy atom. The van der Waals surface area contributed by atoms with Crippen molar-refractivity contribution in [3.63, 3.8) is 0 Å². The summed E-state index contributed by atoms with van der Waals surface area (Å²) in [6.45, 7) is 2.63. The van der Waals surface area contributed by atoms with Crippen LogP contribution in [0.5, 0.6) is 0 Å². The van der Waals surface area contributed by atoms with E-state index in [1.165, 1.54) is 24.0 Å². The number of aryl methyl sites for hydroxylation is 2. The van der Waals surface area contributed by atoms with Crippen molar-refractivity contribution in [2.45, 2.75) is 38.6 Å². The molecule has 1 saturated carbocycles. The van der Waals surface area contributed by atoms with Crippen LogP contribution < -0.4 is 11.1 Å². The maximum absolute atomic E-state index is 11.8. The van der Waals surface area contributed by atoms with Gasteiger partial charge in [-0.05, 0) is 37.7 Å². The second kappa shape index (κ2) is 6.01. The Labute approximate surface area is 109 Å². The number of nitrogens with two attached hydrogens (primary N) is 1. The van der Waals surface area contributed by atoms with Crippen molar-refractivity contribution in [3.8, 4) is 0 Å². The zero-order valence-electron chi connectivity index (χ0n) is 11.0. The van der Waals surface area contributed by atoms with Crippen LogP contribution in [-0.4, -0.2) is 18.5 Å². The van der Waals surface area contributed by atoms with Gasteiger partial charge in [-0.3, -0.25) is 4.79 Å². The topological polar surface area (TPSA) is 55.1 Å². The summed E-state index contributed by atoms with van der Waals surface area (Å²) >= 11 is 0. The van der Waals surface area contributed by atoms with Crippen molar-refractivity contribution in [1.82, 2.24) is 5.32 Å². The highest BCUT2D eigenvalue weighted by Crippen LogP contribution is 2.32. The molecular formula is C15H22N2O. The molecule has 0 radical (unpaired) electrons. The third-order valence-corrected chi connectivity index (χ3v) is 3.51. The molecule has 1 atom stereocenters. The van der Waals surface area contributed by atoms with Crippen molar-refractivity contribution < 1.29 is 4.79 Å². The third-order valence-electron chi connectivity index (χ3n) is 3.51. The Balaban J connectivity index is 1.77. The Hall–Kier alpha value is -1.35. The van der Waals surface area contributed by atoms with Crippen molar-refractivity contribution in [1.29, 1.82) is 0 Å². The molecule has 1 unspecified atom stereocenters. The molecule has 0 heterocycles. The van der Waals surface area contributed by atoms with E-state index in [-0.39, 0.29) is 11.9 Å². The molecule has 1 aromatic carbocycles. The molecule has 0 spiro atoms. The second-order valence-electron chi connectivity index (χ2n) is 5.24. The van der Waals surface area contributed by atoms with Gasteiger partial charge in [0.1, 0.15) is 0 Å².